The highest BCUT2D eigenvalue weighted by Crippen LogP contribution is 2.33. The molecule has 0 saturated carbocycles. The second-order valence-corrected chi connectivity index (χ2v) is 8.94. The number of amides is 2. The molecule has 3 rings (SSSR count). The molecule has 1 aliphatic heterocycles. The maximum absolute atomic E-state index is 13.4. The highest BCUT2D eigenvalue weighted by Gasteiger charge is 2.41. The van der Waals surface area contributed by atoms with Gasteiger partial charge in [-0.15, -0.1) is 0 Å². The molecule has 0 unspecified atom stereocenters. The molecule has 1 fully saturated rings. The average Bonchev–Trinajstić information content (AvgIpc) is 3.19. The summed E-state index contributed by atoms with van der Waals surface area (Å²) >= 11 is 0. The number of carbonyl (C=O) groups excluding carboxylic acids is 2. The minimum absolute atomic E-state index is 0.0945. The van der Waals surface area contributed by atoms with Crippen molar-refractivity contribution in [1.29, 1.82) is 0 Å². The molecular weight excluding hydrogens is 392 g/mol. The van der Waals surface area contributed by atoms with Crippen LogP contribution < -0.4 is 4.74 Å². The standard InChI is InChI=1S/C24H32N4O3/c1-15-10-11-18(13-16(15)2)31-24(4,5)23(30)28-12-8-9-20(28)21-25-14-19(17(3)26-21)22(29)27(6)7/h10-11,13-14,20H,8-9,12H2,1-7H3/t20-/m1/s1. The van der Waals surface area contributed by atoms with Crippen LogP contribution in [0.3, 0.4) is 0 Å². The van der Waals surface area contributed by atoms with E-state index in [0.29, 0.717) is 29.4 Å². The van der Waals surface area contributed by atoms with Crippen molar-refractivity contribution in [2.45, 2.75) is 59.1 Å². The number of hydrogen-bond acceptors (Lipinski definition) is 5. The minimum atomic E-state index is -1.03. The van der Waals surface area contributed by atoms with E-state index in [4.69, 9.17) is 4.74 Å². The minimum Gasteiger partial charge on any atom is -0.478 e. The fraction of sp³-hybridized carbons (Fsp3) is 0.500. The van der Waals surface area contributed by atoms with Gasteiger partial charge in [0.05, 0.1) is 17.3 Å². The molecule has 1 atom stereocenters. The summed E-state index contributed by atoms with van der Waals surface area (Å²) in [6.07, 6.45) is 3.22. The highest BCUT2D eigenvalue weighted by molar-refractivity contribution is 5.94. The van der Waals surface area contributed by atoms with E-state index in [0.717, 1.165) is 18.4 Å². The summed E-state index contributed by atoms with van der Waals surface area (Å²) < 4.78 is 6.11. The Bertz CT molecular complexity index is 1000. The number of rotatable bonds is 5. The Morgan fingerprint density at radius 1 is 1.16 bits per heavy atom. The van der Waals surface area contributed by atoms with Crippen LogP contribution in [-0.2, 0) is 4.79 Å². The molecule has 1 saturated heterocycles. The first-order valence-electron chi connectivity index (χ1n) is 10.6. The summed E-state index contributed by atoms with van der Waals surface area (Å²) in [5, 5.41) is 0. The van der Waals surface area contributed by atoms with E-state index in [9.17, 15) is 9.59 Å². The normalized spacial score (nSPS) is 16.4. The Balaban J connectivity index is 1.81. The summed E-state index contributed by atoms with van der Waals surface area (Å²) in [5.41, 5.74) is 2.37. The molecule has 31 heavy (non-hydrogen) atoms. The van der Waals surface area contributed by atoms with E-state index in [2.05, 4.69) is 9.97 Å². The fourth-order valence-electron chi connectivity index (χ4n) is 3.84. The van der Waals surface area contributed by atoms with Crippen LogP contribution in [0.1, 0.15) is 65.7 Å². The average molecular weight is 425 g/mol. The lowest BCUT2D eigenvalue weighted by Crippen LogP contribution is -2.48. The molecule has 1 aromatic heterocycles. The number of hydrogen-bond donors (Lipinski definition) is 0. The van der Waals surface area contributed by atoms with Crippen LogP contribution in [0.4, 0.5) is 0 Å². The maximum Gasteiger partial charge on any atom is 0.266 e. The second kappa shape index (κ2) is 8.65. The molecule has 166 valence electrons. The zero-order chi connectivity index (χ0) is 22.9. The highest BCUT2D eigenvalue weighted by atomic mass is 16.5. The molecule has 0 bridgehead atoms. The van der Waals surface area contributed by atoms with Gasteiger partial charge in [0.1, 0.15) is 5.75 Å². The van der Waals surface area contributed by atoms with Crippen LogP contribution in [0, 0.1) is 20.8 Å². The molecule has 1 aliphatic rings. The Labute approximate surface area is 184 Å². The third kappa shape index (κ3) is 4.70. The number of aromatic nitrogens is 2. The molecule has 2 heterocycles. The van der Waals surface area contributed by atoms with E-state index in [1.807, 2.05) is 36.9 Å². The molecule has 0 spiro atoms. The van der Waals surface area contributed by atoms with Gasteiger partial charge in [-0.3, -0.25) is 9.59 Å². The molecule has 1 aromatic carbocycles. The molecule has 0 N–H and O–H groups in total. The summed E-state index contributed by atoms with van der Waals surface area (Å²) in [7, 11) is 3.40. The lowest BCUT2D eigenvalue weighted by molar-refractivity contribution is -0.146. The van der Waals surface area contributed by atoms with Crippen molar-refractivity contribution >= 4 is 11.8 Å². The summed E-state index contributed by atoms with van der Waals surface area (Å²) in [6.45, 7) is 10.1. The van der Waals surface area contributed by atoms with E-state index >= 15 is 0 Å². The summed E-state index contributed by atoms with van der Waals surface area (Å²) in [5.74, 6) is 1.02. The van der Waals surface area contributed by atoms with Gasteiger partial charge < -0.3 is 14.5 Å². The summed E-state index contributed by atoms with van der Waals surface area (Å²) in [6, 6.07) is 5.62. The predicted octanol–water partition coefficient (Wildman–Crippen LogP) is 3.62. The van der Waals surface area contributed by atoms with Gasteiger partial charge in [0.2, 0.25) is 0 Å². The van der Waals surface area contributed by atoms with Gasteiger partial charge in [-0.25, -0.2) is 9.97 Å². The number of nitrogens with zero attached hydrogens (tertiary/aromatic N) is 4. The first kappa shape index (κ1) is 22.7. The summed E-state index contributed by atoms with van der Waals surface area (Å²) in [4.78, 5) is 38.1. The third-order valence-corrected chi connectivity index (χ3v) is 5.81. The Morgan fingerprint density at radius 2 is 1.87 bits per heavy atom. The van der Waals surface area contributed by atoms with Gasteiger partial charge in [0.25, 0.3) is 11.8 Å². The molecular formula is C24H32N4O3. The van der Waals surface area contributed by atoms with Crippen molar-refractivity contribution in [3.05, 3.63) is 52.6 Å². The molecule has 7 nitrogen and oxygen atoms in total. The maximum atomic E-state index is 13.4. The van der Waals surface area contributed by atoms with E-state index in [-0.39, 0.29) is 17.9 Å². The number of aryl methyl sites for hydroxylation is 3. The Hall–Kier alpha value is -2.96. The fourth-order valence-corrected chi connectivity index (χ4v) is 3.84. The molecule has 0 aliphatic carbocycles. The van der Waals surface area contributed by atoms with Gasteiger partial charge >= 0.3 is 0 Å². The molecule has 7 heteroatoms. The van der Waals surface area contributed by atoms with Gasteiger partial charge in [0, 0.05) is 26.8 Å². The zero-order valence-electron chi connectivity index (χ0n) is 19.5. The number of ether oxygens (including phenoxy) is 1. The van der Waals surface area contributed by atoms with E-state index in [1.54, 1.807) is 41.1 Å². The van der Waals surface area contributed by atoms with Crippen molar-refractivity contribution in [2.24, 2.45) is 0 Å². The second-order valence-electron chi connectivity index (χ2n) is 8.94. The monoisotopic (exact) mass is 424 g/mol. The van der Waals surface area contributed by atoms with Crippen molar-refractivity contribution in [3.63, 3.8) is 0 Å². The van der Waals surface area contributed by atoms with Crippen molar-refractivity contribution < 1.29 is 14.3 Å². The van der Waals surface area contributed by atoms with Crippen LogP contribution in [-0.4, -0.2) is 57.8 Å². The van der Waals surface area contributed by atoms with Crippen molar-refractivity contribution in [2.75, 3.05) is 20.6 Å². The van der Waals surface area contributed by atoms with Gasteiger partial charge in [0.15, 0.2) is 11.4 Å². The Kier molecular flexibility index (Phi) is 6.34. The van der Waals surface area contributed by atoms with Crippen LogP contribution in [0.2, 0.25) is 0 Å². The number of likely N-dealkylation sites (tertiary alicyclic amines) is 1. The van der Waals surface area contributed by atoms with Crippen LogP contribution in [0.15, 0.2) is 24.4 Å². The number of benzene rings is 1. The smallest absolute Gasteiger partial charge is 0.266 e. The quantitative estimate of drug-likeness (QED) is 0.733. The van der Waals surface area contributed by atoms with Crippen molar-refractivity contribution in [1.82, 2.24) is 19.8 Å². The zero-order valence-corrected chi connectivity index (χ0v) is 19.5. The predicted molar refractivity (Wildman–Crippen MR) is 119 cm³/mol. The van der Waals surface area contributed by atoms with Crippen LogP contribution in [0.5, 0.6) is 5.75 Å². The SMILES string of the molecule is Cc1ccc(OC(C)(C)C(=O)N2CCC[C@@H]2c2ncc(C(=O)N(C)C)c(C)n2)cc1C. The van der Waals surface area contributed by atoms with Crippen LogP contribution in [0.25, 0.3) is 0 Å². The first-order chi connectivity index (χ1) is 14.5. The largest absolute Gasteiger partial charge is 0.478 e. The Morgan fingerprint density at radius 3 is 2.48 bits per heavy atom. The lowest BCUT2D eigenvalue weighted by Gasteiger charge is -2.33. The van der Waals surface area contributed by atoms with Gasteiger partial charge in [-0.1, -0.05) is 6.07 Å². The molecule has 0 radical (unpaired) electrons. The molecule has 2 aromatic rings. The lowest BCUT2D eigenvalue weighted by atomic mass is 10.1. The molecule has 2 amide bonds. The number of carbonyl (C=O) groups is 2. The van der Waals surface area contributed by atoms with E-state index in [1.165, 1.54) is 10.5 Å². The third-order valence-electron chi connectivity index (χ3n) is 5.81. The van der Waals surface area contributed by atoms with E-state index < -0.39 is 5.60 Å². The topological polar surface area (TPSA) is 75.6 Å². The van der Waals surface area contributed by atoms with Crippen molar-refractivity contribution in [3.8, 4) is 5.75 Å². The van der Waals surface area contributed by atoms with Gasteiger partial charge in [-0.05, 0) is 70.7 Å². The van der Waals surface area contributed by atoms with Gasteiger partial charge in [-0.2, -0.15) is 0 Å². The van der Waals surface area contributed by atoms with Crippen LogP contribution >= 0.6 is 0 Å². The first-order valence-corrected chi connectivity index (χ1v) is 10.6.